The molecule has 21 heavy (non-hydrogen) atoms. The van der Waals surface area contributed by atoms with E-state index in [0.717, 1.165) is 30.1 Å². The molecule has 1 unspecified atom stereocenters. The Bertz CT molecular complexity index is 458. The number of carbonyl (C=O) groups excluding carboxylic acids is 1. The molecule has 1 aliphatic carbocycles. The molecule has 1 aromatic heterocycles. The Labute approximate surface area is 130 Å². The summed E-state index contributed by atoms with van der Waals surface area (Å²) in [5, 5.41) is 11.5. The predicted molar refractivity (Wildman–Crippen MR) is 85.0 cm³/mol. The topological polar surface area (TPSA) is 58.6 Å². The van der Waals surface area contributed by atoms with E-state index >= 15 is 0 Å². The van der Waals surface area contributed by atoms with Gasteiger partial charge < -0.3 is 15.2 Å². The van der Waals surface area contributed by atoms with Crippen LogP contribution >= 0.6 is 11.3 Å². The van der Waals surface area contributed by atoms with E-state index in [9.17, 15) is 4.79 Å². The van der Waals surface area contributed by atoms with Crippen LogP contribution in [0.5, 0.6) is 0 Å². The molecule has 1 aliphatic rings. The van der Waals surface area contributed by atoms with Gasteiger partial charge in [-0.2, -0.15) is 0 Å². The summed E-state index contributed by atoms with van der Waals surface area (Å²) in [6.07, 6.45) is 5.51. The van der Waals surface area contributed by atoms with Gasteiger partial charge in [0, 0.05) is 18.0 Å². The molecule has 0 saturated carbocycles. The Morgan fingerprint density at radius 2 is 2.38 bits per heavy atom. The monoisotopic (exact) mass is 311 g/mol. The standard InChI is InChI=1S/C16H25NO3S/c1-2-12-4-5-14-13(10-12)11-15(21-14)16(19)17-6-3-8-20-9-7-18/h11-12,18H,2-10H2,1H3,(H,17,19). The highest BCUT2D eigenvalue weighted by atomic mass is 32.1. The maximum atomic E-state index is 12.1. The van der Waals surface area contributed by atoms with Crippen molar-refractivity contribution in [3.05, 3.63) is 21.4 Å². The molecule has 1 aromatic rings. The fourth-order valence-corrected chi connectivity index (χ4v) is 3.81. The molecule has 0 aliphatic heterocycles. The van der Waals surface area contributed by atoms with E-state index in [1.54, 1.807) is 11.3 Å². The summed E-state index contributed by atoms with van der Waals surface area (Å²) in [6, 6.07) is 2.08. The van der Waals surface area contributed by atoms with Crippen molar-refractivity contribution < 1.29 is 14.6 Å². The molecule has 0 fully saturated rings. The number of fused-ring (bicyclic) bond motifs is 1. The third-order valence-corrected chi connectivity index (χ3v) is 5.21. The first kappa shape index (κ1) is 16.5. The zero-order valence-electron chi connectivity index (χ0n) is 12.7. The number of carbonyl (C=O) groups is 1. The molecule has 1 amide bonds. The van der Waals surface area contributed by atoms with Crippen molar-refractivity contribution >= 4 is 17.2 Å². The number of hydrogen-bond donors (Lipinski definition) is 2. The van der Waals surface area contributed by atoms with E-state index in [-0.39, 0.29) is 12.5 Å². The average molecular weight is 311 g/mol. The second-order valence-electron chi connectivity index (χ2n) is 5.52. The van der Waals surface area contributed by atoms with Crippen LogP contribution in [0.25, 0.3) is 0 Å². The molecule has 2 N–H and O–H groups in total. The average Bonchev–Trinajstić information content (AvgIpc) is 2.93. The SMILES string of the molecule is CCC1CCc2sc(C(=O)NCCCOCCO)cc2C1. The summed E-state index contributed by atoms with van der Waals surface area (Å²) in [5.41, 5.74) is 1.38. The number of aliphatic hydroxyl groups is 1. The first-order valence-electron chi connectivity index (χ1n) is 7.83. The van der Waals surface area contributed by atoms with Crippen LogP contribution in [0.15, 0.2) is 6.07 Å². The van der Waals surface area contributed by atoms with E-state index in [4.69, 9.17) is 9.84 Å². The number of aryl methyl sites for hydroxylation is 1. The van der Waals surface area contributed by atoms with Crippen LogP contribution in [0, 0.1) is 5.92 Å². The fourth-order valence-electron chi connectivity index (χ4n) is 2.69. The van der Waals surface area contributed by atoms with Gasteiger partial charge >= 0.3 is 0 Å². The predicted octanol–water partition coefficient (Wildman–Crippen LogP) is 2.39. The summed E-state index contributed by atoms with van der Waals surface area (Å²) >= 11 is 1.65. The number of amides is 1. The van der Waals surface area contributed by atoms with Crippen LogP contribution in [0.3, 0.4) is 0 Å². The largest absolute Gasteiger partial charge is 0.394 e. The minimum absolute atomic E-state index is 0.0320. The van der Waals surface area contributed by atoms with Gasteiger partial charge in [0.2, 0.25) is 0 Å². The first-order chi connectivity index (χ1) is 10.2. The lowest BCUT2D eigenvalue weighted by molar-refractivity contribution is 0.0869. The Hall–Kier alpha value is -0.910. The van der Waals surface area contributed by atoms with Crippen molar-refractivity contribution in [1.82, 2.24) is 5.32 Å². The molecule has 0 bridgehead atoms. The smallest absolute Gasteiger partial charge is 0.261 e. The molecule has 0 spiro atoms. The zero-order valence-corrected chi connectivity index (χ0v) is 13.5. The van der Waals surface area contributed by atoms with Gasteiger partial charge in [-0.05, 0) is 43.2 Å². The lowest BCUT2D eigenvalue weighted by atomic mass is 9.87. The summed E-state index contributed by atoms with van der Waals surface area (Å²) < 4.78 is 5.16. The molecular weight excluding hydrogens is 286 g/mol. The molecule has 118 valence electrons. The minimum Gasteiger partial charge on any atom is -0.394 e. The highest BCUT2D eigenvalue weighted by Crippen LogP contribution is 2.33. The molecule has 0 aromatic carbocycles. The van der Waals surface area contributed by atoms with E-state index in [1.165, 1.54) is 23.3 Å². The van der Waals surface area contributed by atoms with Crippen LogP contribution in [0.2, 0.25) is 0 Å². The lowest BCUT2D eigenvalue weighted by Gasteiger charge is -2.19. The summed E-state index contributed by atoms with van der Waals surface area (Å²) in [4.78, 5) is 14.4. The van der Waals surface area contributed by atoms with Gasteiger partial charge in [0.15, 0.2) is 0 Å². The maximum Gasteiger partial charge on any atom is 0.261 e. The molecular formula is C16H25NO3S. The molecule has 4 nitrogen and oxygen atoms in total. The van der Waals surface area contributed by atoms with Gasteiger partial charge in [0.1, 0.15) is 0 Å². The number of rotatable bonds is 8. The fraction of sp³-hybridized carbons (Fsp3) is 0.688. The van der Waals surface area contributed by atoms with Gasteiger partial charge in [-0.15, -0.1) is 11.3 Å². The van der Waals surface area contributed by atoms with E-state index in [2.05, 4.69) is 18.3 Å². The number of aliphatic hydroxyl groups excluding tert-OH is 1. The number of ether oxygens (including phenoxy) is 1. The van der Waals surface area contributed by atoms with Crippen molar-refractivity contribution in [2.24, 2.45) is 5.92 Å². The van der Waals surface area contributed by atoms with Crippen LogP contribution in [0.4, 0.5) is 0 Å². The number of thiophene rings is 1. The summed E-state index contributed by atoms with van der Waals surface area (Å²) in [7, 11) is 0. The van der Waals surface area contributed by atoms with Crippen molar-refractivity contribution in [3.8, 4) is 0 Å². The van der Waals surface area contributed by atoms with Crippen LogP contribution in [0.1, 0.15) is 46.3 Å². The van der Waals surface area contributed by atoms with Crippen LogP contribution < -0.4 is 5.32 Å². The van der Waals surface area contributed by atoms with Crippen LogP contribution in [-0.4, -0.2) is 37.4 Å². The maximum absolute atomic E-state index is 12.1. The van der Waals surface area contributed by atoms with Gasteiger partial charge in [-0.25, -0.2) is 0 Å². The highest BCUT2D eigenvalue weighted by molar-refractivity contribution is 7.14. The Balaban J connectivity index is 1.77. The lowest BCUT2D eigenvalue weighted by Crippen LogP contribution is -2.24. The molecule has 5 heteroatoms. The zero-order chi connectivity index (χ0) is 15.1. The second-order valence-corrected chi connectivity index (χ2v) is 6.66. The normalized spacial score (nSPS) is 17.5. The molecule has 1 atom stereocenters. The first-order valence-corrected chi connectivity index (χ1v) is 8.64. The molecule has 0 radical (unpaired) electrons. The minimum atomic E-state index is 0.0320. The van der Waals surface area contributed by atoms with E-state index < -0.39 is 0 Å². The molecule has 0 saturated heterocycles. The molecule has 1 heterocycles. The third-order valence-electron chi connectivity index (χ3n) is 3.97. The van der Waals surface area contributed by atoms with E-state index in [0.29, 0.717) is 19.8 Å². The van der Waals surface area contributed by atoms with Crippen LogP contribution in [-0.2, 0) is 17.6 Å². The third kappa shape index (κ3) is 4.80. The Morgan fingerprint density at radius 1 is 1.52 bits per heavy atom. The van der Waals surface area contributed by atoms with E-state index in [1.807, 2.05) is 0 Å². The number of hydrogen-bond acceptors (Lipinski definition) is 4. The van der Waals surface area contributed by atoms with Crippen molar-refractivity contribution in [2.45, 2.75) is 39.0 Å². The van der Waals surface area contributed by atoms with Gasteiger partial charge in [-0.3, -0.25) is 4.79 Å². The highest BCUT2D eigenvalue weighted by Gasteiger charge is 2.21. The summed E-state index contributed by atoms with van der Waals surface area (Å²) in [5.74, 6) is 0.816. The molecule has 2 rings (SSSR count). The Kier molecular flexibility index (Phi) is 6.67. The van der Waals surface area contributed by atoms with Crippen molar-refractivity contribution in [1.29, 1.82) is 0 Å². The van der Waals surface area contributed by atoms with Crippen molar-refractivity contribution in [2.75, 3.05) is 26.4 Å². The Morgan fingerprint density at radius 3 is 3.14 bits per heavy atom. The van der Waals surface area contributed by atoms with Crippen molar-refractivity contribution in [3.63, 3.8) is 0 Å². The number of nitrogens with one attached hydrogen (secondary N) is 1. The second kappa shape index (κ2) is 8.51. The van der Waals surface area contributed by atoms with Gasteiger partial charge in [-0.1, -0.05) is 13.3 Å². The summed E-state index contributed by atoms with van der Waals surface area (Å²) in [6.45, 7) is 3.84. The quantitative estimate of drug-likeness (QED) is 0.725. The van der Waals surface area contributed by atoms with Gasteiger partial charge in [0.05, 0.1) is 18.1 Å². The van der Waals surface area contributed by atoms with Gasteiger partial charge in [0.25, 0.3) is 5.91 Å².